The largest absolute Gasteiger partial charge is 0.480 e. The zero-order valence-corrected chi connectivity index (χ0v) is 10.7. The molecular weight excluding hydrogens is 242 g/mol. The third-order valence-corrected chi connectivity index (χ3v) is 4.36. The quantitative estimate of drug-likeness (QED) is 0.871. The molecule has 0 saturated heterocycles. The Balaban J connectivity index is 1.85. The van der Waals surface area contributed by atoms with E-state index in [1.165, 1.54) is 5.56 Å². The van der Waals surface area contributed by atoms with Crippen molar-refractivity contribution >= 4 is 11.9 Å². The fourth-order valence-corrected chi connectivity index (χ4v) is 3.04. The zero-order valence-electron chi connectivity index (χ0n) is 10.7. The normalized spacial score (nSPS) is 19.4. The van der Waals surface area contributed by atoms with Gasteiger partial charge in [0, 0.05) is 5.56 Å². The van der Waals surface area contributed by atoms with Crippen molar-refractivity contribution < 1.29 is 14.7 Å². The Kier molecular flexibility index (Phi) is 2.81. The minimum atomic E-state index is -1.03. The lowest BCUT2D eigenvalue weighted by molar-refractivity contribution is -0.148. The van der Waals surface area contributed by atoms with Crippen molar-refractivity contribution in [3.63, 3.8) is 0 Å². The maximum Gasteiger partial charge on any atom is 0.329 e. The minimum Gasteiger partial charge on any atom is -0.480 e. The van der Waals surface area contributed by atoms with Crippen molar-refractivity contribution in [1.82, 2.24) is 5.32 Å². The Labute approximate surface area is 111 Å². The summed E-state index contributed by atoms with van der Waals surface area (Å²) in [5.41, 5.74) is 1.95. The van der Waals surface area contributed by atoms with E-state index in [9.17, 15) is 14.7 Å². The Morgan fingerprint density at radius 1 is 1.16 bits per heavy atom. The van der Waals surface area contributed by atoms with Gasteiger partial charge in [0.05, 0.1) is 0 Å². The first-order valence-corrected chi connectivity index (χ1v) is 6.79. The molecule has 4 nitrogen and oxygen atoms in total. The lowest BCUT2D eigenvalue weighted by Gasteiger charge is -2.38. The first kappa shape index (κ1) is 12.2. The summed E-state index contributed by atoms with van der Waals surface area (Å²) < 4.78 is 0. The molecule has 3 rings (SSSR count). The van der Waals surface area contributed by atoms with Crippen LogP contribution in [0.25, 0.3) is 0 Å². The van der Waals surface area contributed by atoms with Crippen LogP contribution in [0.2, 0.25) is 0 Å². The molecule has 2 N–H and O–H groups in total. The molecule has 1 saturated carbocycles. The summed E-state index contributed by atoms with van der Waals surface area (Å²) in [6, 6.07) is 5.73. The Morgan fingerprint density at radius 3 is 2.58 bits per heavy atom. The summed E-state index contributed by atoms with van der Waals surface area (Å²) in [5.74, 6) is -1.15. The molecule has 0 bridgehead atoms. The molecule has 100 valence electrons. The summed E-state index contributed by atoms with van der Waals surface area (Å²) in [6.07, 6.45) is 4.93. The van der Waals surface area contributed by atoms with E-state index in [1.54, 1.807) is 6.07 Å². The van der Waals surface area contributed by atoms with Crippen molar-refractivity contribution in [3.8, 4) is 0 Å². The number of carboxylic acid groups (broad SMARTS) is 1. The van der Waals surface area contributed by atoms with Gasteiger partial charge in [0.1, 0.15) is 5.54 Å². The van der Waals surface area contributed by atoms with Crippen LogP contribution in [0.15, 0.2) is 18.2 Å². The van der Waals surface area contributed by atoms with E-state index >= 15 is 0 Å². The van der Waals surface area contributed by atoms with Crippen molar-refractivity contribution in [2.75, 3.05) is 0 Å². The van der Waals surface area contributed by atoms with Crippen LogP contribution < -0.4 is 5.32 Å². The molecule has 0 unspecified atom stereocenters. The van der Waals surface area contributed by atoms with Crippen molar-refractivity contribution in [3.05, 3.63) is 34.9 Å². The Hall–Kier alpha value is -1.84. The zero-order chi connectivity index (χ0) is 13.5. The molecule has 1 aromatic rings. The highest BCUT2D eigenvalue weighted by Gasteiger charge is 2.46. The van der Waals surface area contributed by atoms with Gasteiger partial charge in [-0.3, -0.25) is 4.79 Å². The van der Waals surface area contributed by atoms with Gasteiger partial charge in [-0.15, -0.1) is 0 Å². The highest BCUT2D eigenvalue weighted by atomic mass is 16.4. The van der Waals surface area contributed by atoms with Crippen LogP contribution in [0.5, 0.6) is 0 Å². The van der Waals surface area contributed by atoms with Crippen LogP contribution in [0.4, 0.5) is 0 Å². The summed E-state index contributed by atoms with van der Waals surface area (Å²) in [4.78, 5) is 23.6. The smallest absolute Gasteiger partial charge is 0.329 e. The second kappa shape index (κ2) is 4.37. The van der Waals surface area contributed by atoms with E-state index < -0.39 is 11.5 Å². The third-order valence-electron chi connectivity index (χ3n) is 4.36. The number of carbonyl (C=O) groups excluding carboxylic acids is 1. The van der Waals surface area contributed by atoms with E-state index in [0.717, 1.165) is 31.2 Å². The summed E-state index contributed by atoms with van der Waals surface area (Å²) >= 11 is 0. The maximum absolute atomic E-state index is 12.3. The number of aliphatic carboxylic acids is 1. The highest BCUT2D eigenvalue weighted by Crippen LogP contribution is 2.33. The minimum absolute atomic E-state index is 0.235. The summed E-state index contributed by atoms with van der Waals surface area (Å²) in [6.45, 7) is 0. The SMILES string of the molecule is O=C(NC1(C(=O)O)CCC1)c1cccc2c1CCC2. The lowest BCUT2D eigenvalue weighted by Crippen LogP contribution is -2.59. The van der Waals surface area contributed by atoms with Crippen LogP contribution in [-0.2, 0) is 17.6 Å². The standard InChI is InChI=1S/C15H17NO3/c17-13(16-15(14(18)19)8-3-9-15)12-7-2-5-10-4-1-6-11(10)12/h2,5,7H,1,3-4,6,8-9H2,(H,16,17)(H,18,19). The Bertz CT molecular complexity index is 546. The molecule has 2 aliphatic rings. The van der Waals surface area contributed by atoms with Crippen molar-refractivity contribution in [2.24, 2.45) is 0 Å². The number of hydrogen-bond donors (Lipinski definition) is 2. The van der Waals surface area contributed by atoms with Gasteiger partial charge in [-0.25, -0.2) is 4.79 Å². The van der Waals surface area contributed by atoms with Gasteiger partial charge in [0.2, 0.25) is 0 Å². The molecule has 0 radical (unpaired) electrons. The number of aryl methyl sites for hydroxylation is 1. The first-order chi connectivity index (χ1) is 9.12. The number of carboxylic acids is 1. The highest BCUT2D eigenvalue weighted by molar-refractivity contribution is 5.99. The van der Waals surface area contributed by atoms with Crippen molar-refractivity contribution in [1.29, 1.82) is 0 Å². The molecule has 0 aliphatic heterocycles. The second-order valence-electron chi connectivity index (χ2n) is 5.49. The molecule has 1 amide bonds. The number of hydrogen-bond acceptors (Lipinski definition) is 2. The number of nitrogens with one attached hydrogen (secondary N) is 1. The van der Waals surface area contributed by atoms with Gasteiger partial charge in [0.25, 0.3) is 5.91 Å². The fraction of sp³-hybridized carbons (Fsp3) is 0.467. The van der Waals surface area contributed by atoms with E-state index in [2.05, 4.69) is 11.4 Å². The molecule has 19 heavy (non-hydrogen) atoms. The fourth-order valence-electron chi connectivity index (χ4n) is 3.04. The average Bonchev–Trinajstić information content (AvgIpc) is 2.80. The molecule has 1 aromatic carbocycles. The number of amides is 1. The summed E-state index contributed by atoms with van der Waals surface area (Å²) in [5, 5.41) is 12.0. The van der Waals surface area contributed by atoms with Crippen LogP contribution >= 0.6 is 0 Å². The second-order valence-corrected chi connectivity index (χ2v) is 5.49. The molecular formula is C15H17NO3. The van der Waals surface area contributed by atoms with Crippen LogP contribution in [0, 0.1) is 0 Å². The monoisotopic (exact) mass is 259 g/mol. The number of benzene rings is 1. The van der Waals surface area contributed by atoms with E-state index in [-0.39, 0.29) is 5.91 Å². The summed E-state index contributed by atoms with van der Waals surface area (Å²) in [7, 11) is 0. The molecule has 0 aromatic heterocycles. The predicted molar refractivity (Wildman–Crippen MR) is 70.2 cm³/mol. The predicted octanol–water partition coefficient (Wildman–Crippen LogP) is 1.91. The molecule has 0 atom stereocenters. The topological polar surface area (TPSA) is 66.4 Å². The van der Waals surface area contributed by atoms with Crippen LogP contribution in [0.1, 0.15) is 47.2 Å². The third kappa shape index (κ3) is 1.91. The van der Waals surface area contributed by atoms with Gasteiger partial charge in [0.15, 0.2) is 0 Å². The molecule has 2 aliphatic carbocycles. The lowest BCUT2D eigenvalue weighted by atomic mass is 9.76. The average molecular weight is 259 g/mol. The van der Waals surface area contributed by atoms with Crippen molar-refractivity contribution in [2.45, 2.75) is 44.1 Å². The molecule has 4 heteroatoms. The number of carbonyl (C=O) groups is 2. The van der Waals surface area contributed by atoms with E-state index in [1.807, 2.05) is 6.07 Å². The molecule has 0 heterocycles. The Morgan fingerprint density at radius 2 is 1.95 bits per heavy atom. The first-order valence-electron chi connectivity index (χ1n) is 6.79. The van der Waals surface area contributed by atoms with Crippen LogP contribution in [0.3, 0.4) is 0 Å². The van der Waals surface area contributed by atoms with Gasteiger partial charge in [-0.1, -0.05) is 12.1 Å². The van der Waals surface area contributed by atoms with E-state index in [4.69, 9.17) is 0 Å². The number of rotatable bonds is 3. The van der Waals surface area contributed by atoms with Gasteiger partial charge >= 0.3 is 5.97 Å². The van der Waals surface area contributed by atoms with Crippen LogP contribution in [-0.4, -0.2) is 22.5 Å². The van der Waals surface area contributed by atoms with Gasteiger partial charge < -0.3 is 10.4 Å². The number of fused-ring (bicyclic) bond motifs is 1. The molecule has 0 spiro atoms. The van der Waals surface area contributed by atoms with Gasteiger partial charge in [-0.05, 0) is 55.7 Å². The molecule has 1 fully saturated rings. The van der Waals surface area contributed by atoms with Gasteiger partial charge in [-0.2, -0.15) is 0 Å². The maximum atomic E-state index is 12.3. The van der Waals surface area contributed by atoms with E-state index in [0.29, 0.717) is 18.4 Å².